The normalized spacial score (nSPS) is 12.2. The van der Waals surface area contributed by atoms with Crippen LogP contribution in [0.15, 0.2) is 30.5 Å². The number of aliphatic hydroxyl groups is 1. The highest BCUT2D eigenvalue weighted by Gasteiger charge is 2.30. The highest BCUT2D eigenvalue weighted by molar-refractivity contribution is 5.80. The Morgan fingerprint density at radius 3 is 2.80 bits per heavy atom. The van der Waals surface area contributed by atoms with Gasteiger partial charge in [-0.3, -0.25) is 0 Å². The first kappa shape index (κ1) is 10.1. The van der Waals surface area contributed by atoms with Crippen LogP contribution in [0.3, 0.4) is 0 Å². The minimum absolute atomic E-state index is 0.0522. The molecule has 15 heavy (non-hydrogen) atoms. The summed E-state index contributed by atoms with van der Waals surface area (Å²) in [5, 5.41) is 9.31. The summed E-state index contributed by atoms with van der Waals surface area (Å²) in [6, 6.07) is 6.19. The van der Waals surface area contributed by atoms with E-state index >= 15 is 0 Å². The van der Waals surface area contributed by atoms with Gasteiger partial charge in [0, 0.05) is 30.3 Å². The van der Waals surface area contributed by atoms with E-state index in [4.69, 9.17) is 5.11 Å². The Morgan fingerprint density at radius 1 is 1.27 bits per heavy atom. The van der Waals surface area contributed by atoms with Crippen molar-refractivity contribution in [3.8, 4) is 0 Å². The van der Waals surface area contributed by atoms with Crippen molar-refractivity contribution in [1.29, 1.82) is 0 Å². The molecule has 0 unspecified atom stereocenters. The van der Waals surface area contributed by atoms with E-state index in [2.05, 4.69) is 4.98 Å². The van der Waals surface area contributed by atoms with E-state index in [0.29, 0.717) is 0 Å². The van der Waals surface area contributed by atoms with Crippen LogP contribution < -0.4 is 0 Å². The number of aliphatic hydroxyl groups excluding tert-OH is 1. The molecule has 0 radical (unpaired) electrons. The van der Waals surface area contributed by atoms with Gasteiger partial charge in [0.15, 0.2) is 0 Å². The molecule has 0 atom stereocenters. The van der Waals surface area contributed by atoms with Gasteiger partial charge in [-0.15, -0.1) is 0 Å². The summed E-state index contributed by atoms with van der Waals surface area (Å²) in [4.78, 5) is 2.94. The summed E-state index contributed by atoms with van der Waals surface area (Å²) in [6.45, 7) is -0.516. The molecule has 0 fully saturated rings. The summed E-state index contributed by atoms with van der Waals surface area (Å²) in [6.07, 6.45) is 1.17. The van der Waals surface area contributed by atoms with Gasteiger partial charge < -0.3 is 10.1 Å². The number of aromatic nitrogens is 1. The number of aromatic amines is 1. The van der Waals surface area contributed by atoms with E-state index in [1.54, 1.807) is 18.3 Å². The van der Waals surface area contributed by atoms with E-state index in [-0.39, 0.29) is 5.56 Å². The van der Waals surface area contributed by atoms with Crippen molar-refractivity contribution >= 4 is 10.9 Å². The molecule has 0 amide bonds. The van der Waals surface area contributed by atoms with Crippen LogP contribution in [0.2, 0.25) is 0 Å². The molecule has 80 valence electrons. The maximum Gasteiger partial charge on any atom is 0.275 e. The maximum absolute atomic E-state index is 13.4. The molecule has 2 N–H and O–H groups in total. The molecule has 0 saturated heterocycles. The highest BCUT2D eigenvalue weighted by Crippen LogP contribution is 2.32. The lowest BCUT2D eigenvalue weighted by atomic mass is 10.0. The first-order chi connectivity index (χ1) is 7.13. The van der Waals surface area contributed by atoms with Crippen LogP contribution in [-0.2, 0) is 5.92 Å². The fraction of sp³-hybridized carbons (Fsp3) is 0.273. The van der Waals surface area contributed by atoms with Gasteiger partial charge >= 0.3 is 0 Å². The number of halogens is 2. The number of hydrogen-bond acceptors (Lipinski definition) is 1. The third-order valence-electron chi connectivity index (χ3n) is 2.40. The van der Waals surface area contributed by atoms with Gasteiger partial charge in [0.25, 0.3) is 5.92 Å². The van der Waals surface area contributed by atoms with Crippen molar-refractivity contribution < 1.29 is 13.9 Å². The molecule has 1 aromatic carbocycles. The number of H-pyrrole nitrogens is 1. The summed E-state index contributed by atoms with van der Waals surface area (Å²) in [5.74, 6) is -2.96. The third kappa shape index (κ3) is 1.85. The van der Waals surface area contributed by atoms with Gasteiger partial charge in [-0.25, -0.2) is 8.78 Å². The molecule has 0 saturated carbocycles. The number of hydrogen-bond donors (Lipinski definition) is 2. The number of alkyl halides is 2. The second-order valence-corrected chi connectivity index (χ2v) is 3.46. The lowest BCUT2D eigenvalue weighted by Crippen LogP contribution is -2.14. The monoisotopic (exact) mass is 211 g/mol. The van der Waals surface area contributed by atoms with Crippen LogP contribution in [0.4, 0.5) is 8.78 Å². The van der Waals surface area contributed by atoms with Crippen molar-refractivity contribution in [1.82, 2.24) is 4.98 Å². The van der Waals surface area contributed by atoms with E-state index in [0.717, 1.165) is 10.9 Å². The quantitative estimate of drug-likeness (QED) is 0.804. The lowest BCUT2D eigenvalue weighted by molar-refractivity contribution is -0.0268. The number of rotatable bonds is 3. The molecule has 1 aromatic heterocycles. The van der Waals surface area contributed by atoms with Crippen molar-refractivity contribution in [2.75, 3.05) is 6.61 Å². The Morgan fingerprint density at radius 2 is 2.07 bits per heavy atom. The first-order valence-corrected chi connectivity index (χ1v) is 4.70. The van der Waals surface area contributed by atoms with Gasteiger partial charge in [-0.05, 0) is 23.6 Å². The molecule has 0 aliphatic carbocycles. The number of fused-ring (bicyclic) bond motifs is 1. The summed E-state index contributed by atoms with van der Waals surface area (Å²) >= 11 is 0. The molecule has 2 rings (SSSR count). The van der Waals surface area contributed by atoms with E-state index in [1.165, 1.54) is 12.1 Å². The Hall–Kier alpha value is -1.42. The van der Waals surface area contributed by atoms with Crippen molar-refractivity contribution in [2.45, 2.75) is 12.3 Å². The first-order valence-electron chi connectivity index (χ1n) is 4.70. The van der Waals surface area contributed by atoms with Gasteiger partial charge in [0.1, 0.15) is 0 Å². The molecule has 0 aliphatic rings. The van der Waals surface area contributed by atoms with Gasteiger partial charge in [-0.1, -0.05) is 6.07 Å². The van der Waals surface area contributed by atoms with Gasteiger partial charge in [-0.2, -0.15) is 0 Å². The summed E-state index contributed by atoms with van der Waals surface area (Å²) in [7, 11) is 0. The molecule has 0 spiro atoms. The summed E-state index contributed by atoms with van der Waals surface area (Å²) in [5.41, 5.74) is 0.780. The molecule has 0 bridgehead atoms. The minimum Gasteiger partial charge on any atom is -0.396 e. The largest absolute Gasteiger partial charge is 0.396 e. The molecule has 4 heteroatoms. The topological polar surface area (TPSA) is 36.0 Å². The van der Waals surface area contributed by atoms with Gasteiger partial charge in [0.05, 0.1) is 0 Å². The van der Waals surface area contributed by atoms with E-state index in [1.807, 2.05) is 0 Å². The van der Waals surface area contributed by atoms with Crippen LogP contribution >= 0.6 is 0 Å². The van der Waals surface area contributed by atoms with E-state index < -0.39 is 19.0 Å². The smallest absolute Gasteiger partial charge is 0.275 e. The fourth-order valence-electron chi connectivity index (χ4n) is 1.57. The molecular formula is C11H11F2NO. The van der Waals surface area contributed by atoms with Crippen LogP contribution in [0.25, 0.3) is 10.9 Å². The average Bonchev–Trinajstić information content (AvgIpc) is 2.63. The minimum atomic E-state index is -2.96. The van der Waals surface area contributed by atoms with Crippen LogP contribution in [-0.4, -0.2) is 16.7 Å². The zero-order valence-electron chi connectivity index (χ0n) is 8.00. The third-order valence-corrected chi connectivity index (χ3v) is 2.40. The van der Waals surface area contributed by atoms with Crippen molar-refractivity contribution in [2.24, 2.45) is 0 Å². The number of benzene rings is 1. The Balaban J connectivity index is 2.42. The zero-order valence-corrected chi connectivity index (χ0v) is 8.00. The molecule has 2 aromatic rings. The SMILES string of the molecule is OCCC(F)(F)c1ccc2[nH]ccc2c1. The molecule has 0 aliphatic heterocycles. The van der Waals surface area contributed by atoms with Crippen molar-refractivity contribution in [3.63, 3.8) is 0 Å². The lowest BCUT2D eigenvalue weighted by Gasteiger charge is -2.15. The zero-order chi connectivity index (χ0) is 10.9. The van der Waals surface area contributed by atoms with Crippen LogP contribution in [0.5, 0.6) is 0 Å². The summed E-state index contributed by atoms with van der Waals surface area (Å²) < 4.78 is 26.8. The van der Waals surface area contributed by atoms with Crippen LogP contribution in [0.1, 0.15) is 12.0 Å². The Kier molecular flexibility index (Phi) is 2.44. The predicted molar refractivity (Wildman–Crippen MR) is 53.9 cm³/mol. The van der Waals surface area contributed by atoms with E-state index in [9.17, 15) is 8.78 Å². The highest BCUT2D eigenvalue weighted by atomic mass is 19.3. The molecular weight excluding hydrogens is 200 g/mol. The fourth-order valence-corrected chi connectivity index (χ4v) is 1.57. The predicted octanol–water partition coefficient (Wildman–Crippen LogP) is 2.64. The van der Waals surface area contributed by atoms with Gasteiger partial charge in [0.2, 0.25) is 0 Å². The standard InChI is InChI=1S/C11H11F2NO/c12-11(13,4-6-15)9-1-2-10-8(7-9)3-5-14-10/h1-3,5,7,14-15H,4,6H2. The average molecular weight is 211 g/mol. The second-order valence-electron chi connectivity index (χ2n) is 3.46. The second kappa shape index (κ2) is 3.62. The Labute approximate surface area is 85.5 Å². The van der Waals surface area contributed by atoms with Crippen LogP contribution in [0, 0.1) is 0 Å². The Bertz CT molecular complexity index is 464. The number of nitrogens with one attached hydrogen (secondary N) is 1. The molecule has 1 heterocycles. The van der Waals surface area contributed by atoms with Crippen molar-refractivity contribution in [3.05, 3.63) is 36.0 Å². The molecule has 2 nitrogen and oxygen atoms in total. The maximum atomic E-state index is 13.4.